The number of aliphatic imine (C=N–C) groups is 1. The van der Waals surface area contributed by atoms with Gasteiger partial charge in [0.05, 0.1) is 6.04 Å². The van der Waals surface area contributed by atoms with Crippen LogP contribution in [0, 0.1) is 0 Å². The van der Waals surface area contributed by atoms with E-state index < -0.39 is 77.6 Å². The van der Waals surface area contributed by atoms with Crippen molar-refractivity contribution in [2.45, 2.75) is 121 Å². The van der Waals surface area contributed by atoms with Gasteiger partial charge in [-0.1, -0.05) is 43.5 Å². The van der Waals surface area contributed by atoms with E-state index in [0.29, 0.717) is 42.7 Å². The van der Waals surface area contributed by atoms with Crippen molar-refractivity contribution in [2.75, 3.05) is 26.2 Å². The quantitative estimate of drug-likeness (QED) is 0.0495. The fourth-order valence-electron chi connectivity index (χ4n) is 6.13. The van der Waals surface area contributed by atoms with Gasteiger partial charge in [-0.3, -0.25) is 38.6 Å². The fraction of sp³-hybridized carbons (Fsp3) is 0.622. The summed E-state index contributed by atoms with van der Waals surface area (Å²) in [6.07, 6.45) is 2.59. The van der Waals surface area contributed by atoms with Crippen LogP contribution >= 0.6 is 11.6 Å². The van der Waals surface area contributed by atoms with E-state index in [-0.39, 0.29) is 64.2 Å². The number of nitrogens with zero attached hydrogens (tertiary/aromatic N) is 1. The Labute approximate surface area is 338 Å². The molecular weight excluding hydrogens is 760 g/mol. The number of carbonyl (C=O) groups is 7. The topological polar surface area (TPSA) is 320 Å². The lowest BCUT2D eigenvalue weighted by molar-refractivity contribution is -0.135. The molecule has 6 atom stereocenters. The van der Waals surface area contributed by atoms with Crippen LogP contribution in [0.5, 0.6) is 0 Å². The van der Waals surface area contributed by atoms with Crippen molar-refractivity contribution in [1.29, 1.82) is 0 Å². The summed E-state index contributed by atoms with van der Waals surface area (Å²) in [5.74, 6) is -4.36. The van der Waals surface area contributed by atoms with Gasteiger partial charge >= 0.3 is 0 Å². The minimum Gasteiger partial charge on any atom is -0.370 e. The number of hydrogen-bond acceptors (Lipinski definition) is 10. The molecule has 0 spiro atoms. The van der Waals surface area contributed by atoms with Crippen molar-refractivity contribution in [3.8, 4) is 0 Å². The molecule has 0 aliphatic carbocycles. The Morgan fingerprint density at radius 2 is 1.67 bits per heavy atom. The minimum absolute atomic E-state index is 0.0164. The first-order chi connectivity index (χ1) is 27.1. The normalized spacial score (nSPS) is 22.1. The number of halogens is 1. The lowest BCUT2D eigenvalue weighted by atomic mass is 10.0. The van der Waals surface area contributed by atoms with Gasteiger partial charge in [0, 0.05) is 50.5 Å². The Morgan fingerprint density at radius 3 is 2.32 bits per heavy atom. The number of amides is 7. The lowest BCUT2D eigenvalue weighted by Gasteiger charge is -2.28. The molecule has 1 fully saturated rings. The zero-order chi connectivity index (χ0) is 42.3. The highest BCUT2D eigenvalue weighted by Crippen LogP contribution is 2.14. The maximum atomic E-state index is 14.1. The molecule has 318 valence electrons. The number of guanidine groups is 1. The van der Waals surface area contributed by atoms with Gasteiger partial charge < -0.3 is 60.2 Å². The van der Waals surface area contributed by atoms with E-state index in [1.54, 1.807) is 24.3 Å². The van der Waals surface area contributed by atoms with E-state index in [0.717, 1.165) is 6.42 Å². The number of hydrogen-bond donors (Lipinski definition) is 11. The van der Waals surface area contributed by atoms with Crippen LogP contribution in [0.15, 0.2) is 29.3 Å². The molecule has 0 aromatic heterocycles. The van der Waals surface area contributed by atoms with Crippen molar-refractivity contribution in [1.82, 2.24) is 37.2 Å². The Balaban J connectivity index is 2.55. The summed E-state index contributed by atoms with van der Waals surface area (Å²) in [5, 5.41) is 19.9. The highest BCUT2D eigenvalue weighted by atomic mass is 35.5. The molecule has 1 aromatic carbocycles. The van der Waals surface area contributed by atoms with Crippen LogP contribution in [-0.2, 0) is 40.0 Å². The molecule has 20 heteroatoms. The molecule has 19 nitrogen and oxygen atoms in total. The summed E-state index contributed by atoms with van der Waals surface area (Å²) >= 11 is 6.25. The Bertz CT molecular complexity index is 1540. The first-order valence-electron chi connectivity index (χ1n) is 19.4. The molecule has 1 aromatic rings. The Hall–Kier alpha value is -5.01. The number of benzene rings is 1. The zero-order valence-corrected chi connectivity index (χ0v) is 33.6. The van der Waals surface area contributed by atoms with Crippen LogP contribution in [0.25, 0.3) is 0 Å². The maximum Gasteiger partial charge on any atom is 0.243 e. The number of nitrogens with one attached hydrogen (secondary N) is 7. The fourth-order valence-corrected chi connectivity index (χ4v) is 6.34. The maximum absolute atomic E-state index is 14.1. The summed E-state index contributed by atoms with van der Waals surface area (Å²) in [6, 6.07) is 0.658. The second-order valence-corrected chi connectivity index (χ2v) is 14.5. The predicted octanol–water partition coefficient (Wildman–Crippen LogP) is -1.95. The molecule has 15 N–H and O–H groups in total. The first kappa shape index (κ1) is 48.1. The second kappa shape index (κ2) is 26.0. The number of rotatable bonds is 16. The van der Waals surface area contributed by atoms with Crippen molar-refractivity contribution >= 4 is 58.9 Å². The average molecular weight is 821 g/mol. The van der Waals surface area contributed by atoms with Crippen molar-refractivity contribution in [3.05, 3.63) is 34.9 Å². The summed E-state index contributed by atoms with van der Waals surface area (Å²) in [4.78, 5) is 96.9. The summed E-state index contributed by atoms with van der Waals surface area (Å²) in [7, 11) is 0. The second-order valence-electron chi connectivity index (χ2n) is 14.0. The number of unbranched alkanes of at least 4 members (excludes halogenated alkanes) is 1. The molecular formula is C37H61ClN12O7. The standard InChI is InChI=1S/C37H61ClN12O7/c1-3-4-11-27(46-22(2)51)33(54)49-29-13-14-31(52)43-18-15-26(32(40)53)45-21-25(10-7-17-44-37(41)42)47-36(57)30(20-23-8-5-9-24(38)19-23)50-34(55)28(12-6-16-39)48-35(29)56/h5,8-9,19,25-30,45H,3-4,6-7,10-18,20-21,39H2,1-2H3,(H2,40,53)(H,43,52)(H,46,51)(H,47,57)(H,48,56)(H,49,54)(H,50,55)(H4,41,42,44)/t25-,26-,27-,28-,29-,30+/m0/s1. The van der Waals surface area contributed by atoms with Gasteiger partial charge in [-0.15, -0.1) is 0 Å². The Morgan fingerprint density at radius 1 is 0.947 bits per heavy atom. The minimum atomic E-state index is -1.30. The molecule has 1 saturated heterocycles. The van der Waals surface area contributed by atoms with Gasteiger partial charge in [0.15, 0.2) is 5.96 Å². The third kappa shape index (κ3) is 19.1. The van der Waals surface area contributed by atoms with Gasteiger partial charge in [0.25, 0.3) is 0 Å². The number of primary amides is 1. The molecule has 1 aliphatic rings. The third-order valence-electron chi connectivity index (χ3n) is 9.19. The van der Waals surface area contributed by atoms with Crippen LogP contribution in [0.2, 0.25) is 5.02 Å². The summed E-state index contributed by atoms with van der Waals surface area (Å²) in [5.41, 5.74) is 23.1. The molecule has 1 aliphatic heterocycles. The molecule has 7 amide bonds. The van der Waals surface area contributed by atoms with Crippen molar-refractivity contribution in [3.63, 3.8) is 0 Å². The lowest BCUT2D eigenvalue weighted by Crippen LogP contribution is -2.59. The summed E-state index contributed by atoms with van der Waals surface area (Å²) in [6.45, 7) is 3.77. The first-order valence-corrected chi connectivity index (χ1v) is 19.8. The average Bonchev–Trinajstić information content (AvgIpc) is 3.14. The van der Waals surface area contributed by atoms with Crippen LogP contribution < -0.4 is 60.2 Å². The van der Waals surface area contributed by atoms with Crippen LogP contribution in [0.3, 0.4) is 0 Å². The smallest absolute Gasteiger partial charge is 0.243 e. The SMILES string of the molecule is CCCC[C@H](NC(C)=O)C(=O)N[C@H]1CCC(=O)NCC[C@@H](C(N)=O)NC[C@H](CCCN=C(N)N)NC(=O)[C@@H](Cc2cccc(Cl)c2)NC(=O)[C@H](CCCN)NC1=O. The van der Waals surface area contributed by atoms with E-state index in [1.165, 1.54) is 6.92 Å². The highest BCUT2D eigenvalue weighted by molar-refractivity contribution is 6.30. The van der Waals surface area contributed by atoms with Crippen LogP contribution in [0.4, 0.5) is 0 Å². The van der Waals surface area contributed by atoms with E-state index in [4.69, 9.17) is 34.5 Å². The molecule has 0 unspecified atom stereocenters. The van der Waals surface area contributed by atoms with Crippen LogP contribution in [0.1, 0.15) is 83.6 Å². The highest BCUT2D eigenvalue weighted by Gasteiger charge is 2.32. The third-order valence-corrected chi connectivity index (χ3v) is 9.42. The van der Waals surface area contributed by atoms with E-state index in [2.05, 4.69) is 42.2 Å². The molecule has 0 bridgehead atoms. The number of nitrogens with two attached hydrogens (primary N) is 4. The van der Waals surface area contributed by atoms with Gasteiger partial charge in [-0.25, -0.2) is 0 Å². The summed E-state index contributed by atoms with van der Waals surface area (Å²) < 4.78 is 0. The molecule has 57 heavy (non-hydrogen) atoms. The zero-order valence-electron chi connectivity index (χ0n) is 32.9. The van der Waals surface area contributed by atoms with Gasteiger partial charge in [-0.2, -0.15) is 0 Å². The van der Waals surface area contributed by atoms with Crippen molar-refractivity contribution in [2.24, 2.45) is 27.9 Å². The van der Waals surface area contributed by atoms with E-state index >= 15 is 0 Å². The Kier molecular flexibility index (Phi) is 22.0. The van der Waals surface area contributed by atoms with Gasteiger partial charge in [0.2, 0.25) is 41.4 Å². The van der Waals surface area contributed by atoms with Crippen molar-refractivity contribution < 1.29 is 33.6 Å². The van der Waals surface area contributed by atoms with Gasteiger partial charge in [0.1, 0.15) is 24.2 Å². The number of carbonyl (C=O) groups excluding carboxylic acids is 7. The van der Waals surface area contributed by atoms with E-state index in [9.17, 15) is 33.6 Å². The molecule has 0 radical (unpaired) electrons. The molecule has 0 saturated carbocycles. The monoisotopic (exact) mass is 820 g/mol. The van der Waals surface area contributed by atoms with Gasteiger partial charge in [-0.05, 0) is 69.2 Å². The largest absolute Gasteiger partial charge is 0.370 e. The van der Waals surface area contributed by atoms with Crippen LogP contribution in [-0.4, -0.2) is 110 Å². The van der Waals surface area contributed by atoms with E-state index in [1.807, 2.05) is 6.92 Å². The molecule has 1 heterocycles. The molecule has 2 rings (SSSR count). The predicted molar refractivity (Wildman–Crippen MR) is 216 cm³/mol.